The normalized spacial score (nSPS) is 20.6. The van der Waals surface area contributed by atoms with Gasteiger partial charge in [0, 0.05) is 5.56 Å². The van der Waals surface area contributed by atoms with Crippen molar-refractivity contribution in [1.82, 2.24) is 5.06 Å². The quantitative estimate of drug-likeness (QED) is 0.251. The van der Waals surface area contributed by atoms with E-state index in [9.17, 15) is 9.60 Å². The van der Waals surface area contributed by atoms with Crippen LogP contribution in [0.2, 0.25) is 0 Å². The Balaban J connectivity index is 1.40. The van der Waals surface area contributed by atoms with E-state index in [-0.39, 0.29) is 12.4 Å². The lowest BCUT2D eigenvalue weighted by atomic mass is 10.1. The monoisotopic (exact) mass is 537 g/mol. The topological polar surface area (TPSA) is 51.2 Å². The maximum atomic E-state index is 13.4. The van der Waals surface area contributed by atoms with Crippen LogP contribution in [0, 0.1) is 17.7 Å². The van der Waals surface area contributed by atoms with E-state index >= 15 is 0 Å². The molecule has 1 heterocycles. The molecule has 0 spiro atoms. The van der Waals surface area contributed by atoms with E-state index < -0.39 is 24.3 Å². The first-order valence-corrected chi connectivity index (χ1v) is 13.3. The second-order valence-electron chi connectivity index (χ2n) is 9.69. The molecule has 0 unspecified atom stereocenters. The summed E-state index contributed by atoms with van der Waals surface area (Å²) in [5, 5.41) is 12.6. The van der Waals surface area contributed by atoms with Gasteiger partial charge in [0.1, 0.15) is 24.1 Å². The number of halogens is 1. The molecular weight excluding hydrogens is 505 g/mol. The van der Waals surface area contributed by atoms with Crippen molar-refractivity contribution in [1.29, 1.82) is 0 Å². The Kier molecular flexibility index (Phi) is 9.70. The number of rotatable bonds is 10. The fourth-order valence-electron chi connectivity index (χ4n) is 4.71. The molecule has 0 aromatic heterocycles. The molecule has 1 N–H and O–H groups in total. The highest BCUT2D eigenvalue weighted by atomic mass is 19.1. The molecule has 5 nitrogen and oxygen atoms in total. The van der Waals surface area contributed by atoms with Gasteiger partial charge in [-0.1, -0.05) is 103 Å². The van der Waals surface area contributed by atoms with Crippen LogP contribution < -0.4 is 0 Å². The molecule has 5 rings (SSSR count). The lowest BCUT2D eigenvalue weighted by Gasteiger charge is -2.25. The summed E-state index contributed by atoms with van der Waals surface area (Å²) in [6, 6.07) is 34.4. The minimum absolute atomic E-state index is 0.213. The van der Waals surface area contributed by atoms with Gasteiger partial charge < -0.3 is 19.4 Å². The zero-order valence-electron chi connectivity index (χ0n) is 22.1. The highest BCUT2D eigenvalue weighted by molar-refractivity contribution is 5.36. The molecule has 0 amide bonds. The van der Waals surface area contributed by atoms with Crippen LogP contribution in [-0.2, 0) is 34.0 Å². The van der Waals surface area contributed by atoms with Gasteiger partial charge in [-0.2, -0.15) is 5.06 Å². The Bertz CT molecular complexity index is 1370. The van der Waals surface area contributed by atoms with Crippen LogP contribution in [0.1, 0.15) is 22.3 Å². The number of nitrogens with zero attached hydrogens (tertiary/aromatic N) is 1. The molecule has 1 saturated heterocycles. The van der Waals surface area contributed by atoms with Crippen LogP contribution in [0.3, 0.4) is 0 Å². The molecule has 6 heteroatoms. The van der Waals surface area contributed by atoms with Crippen LogP contribution >= 0.6 is 0 Å². The third kappa shape index (κ3) is 7.42. The van der Waals surface area contributed by atoms with Crippen LogP contribution in [0.5, 0.6) is 0 Å². The predicted molar refractivity (Wildman–Crippen MR) is 151 cm³/mol. The van der Waals surface area contributed by atoms with E-state index in [4.69, 9.17) is 14.2 Å². The lowest BCUT2D eigenvalue weighted by molar-refractivity contribution is -0.155. The maximum Gasteiger partial charge on any atom is 0.125 e. The van der Waals surface area contributed by atoms with Crippen molar-refractivity contribution in [2.24, 2.45) is 0 Å². The number of hydroxylamine groups is 2. The zero-order chi connectivity index (χ0) is 27.6. The first kappa shape index (κ1) is 27.7. The van der Waals surface area contributed by atoms with Crippen molar-refractivity contribution in [3.63, 3.8) is 0 Å². The summed E-state index contributed by atoms with van der Waals surface area (Å²) in [4.78, 5) is 0. The Labute approximate surface area is 234 Å². The van der Waals surface area contributed by atoms with E-state index in [1.807, 2.05) is 91.0 Å². The third-order valence-electron chi connectivity index (χ3n) is 6.82. The molecule has 0 radical (unpaired) electrons. The van der Waals surface area contributed by atoms with Gasteiger partial charge in [0.25, 0.3) is 0 Å². The fourth-order valence-corrected chi connectivity index (χ4v) is 4.71. The summed E-state index contributed by atoms with van der Waals surface area (Å²) in [7, 11) is 0. The minimum Gasteiger partial charge on any atom is -0.375 e. The highest BCUT2D eigenvalue weighted by Crippen LogP contribution is 2.30. The van der Waals surface area contributed by atoms with Crippen LogP contribution in [0.25, 0.3) is 0 Å². The molecule has 40 heavy (non-hydrogen) atoms. The number of hydrogen-bond donors (Lipinski definition) is 1. The molecule has 204 valence electrons. The molecule has 4 aromatic carbocycles. The Hall–Kier alpha value is -3.83. The van der Waals surface area contributed by atoms with Gasteiger partial charge in [-0.05, 0) is 41.0 Å². The first-order valence-electron chi connectivity index (χ1n) is 13.3. The van der Waals surface area contributed by atoms with Crippen molar-refractivity contribution >= 4 is 0 Å². The standard InChI is InChI=1S/C34H32FNO4/c35-30-19-16-26(17-20-30)18-21-31-33(39-23-28-12-6-2-7-13-28)34(40-24-29-14-8-3-9-15-29)32(36(31)37)25-38-22-27-10-4-1-5-11-27/h1-17,19-20,31-34,37H,22-25H2/t31-,32-,33-,34-/m0/s1. The van der Waals surface area contributed by atoms with Gasteiger partial charge in [0.15, 0.2) is 0 Å². The summed E-state index contributed by atoms with van der Waals surface area (Å²) >= 11 is 0. The number of ether oxygens (including phenoxy) is 3. The average Bonchev–Trinajstić information content (AvgIpc) is 3.25. The van der Waals surface area contributed by atoms with Crippen molar-refractivity contribution in [2.75, 3.05) is 6.61 Å². The minimum atomic E-state index is -0.695. The van der Waals surface area contributed by atoms with Crippen LogP contribution in [0.15, 0.2) is 115 Å². The molecule has 0 saturated carbocycles. The third-order valence-corrected chi connectivity index (χ3v) is 6.82. The summed E-state index contributed by atoms with van der Waals surface area (Å²) < 4.78 is 32.4. The van der Waals surface area contributed by atoms with E-state index in [1.54, 1.807) is 12.1 Å². The highest BCUT2D eigenvalue weighted by Gasteiger charge is 2.50. The smallest absolute Gasteiger partial charge is 0.125 e. The second kappa shape index (κ2) is 14.0. The van der Waals surface area contributed by atoms with Crippen molar-refractivity contribution in [2.45, 2.75) is 44.1 Å². The number of benzene rings is 4. The molecular formula is C34H32FNO4. The van der Waals surface area contributed by atoms with Crippen molar-refractivity contribution in [3.05, 3.63) is 143 Å². The van der Waals surface area contributed by atoms with Crippen LogP contribution in [-0.4, -0.2) is 41.2 Å². The van der Waals surface area contributed by atoms with E-state index in [0.29, 0.717) is 25.4 Å². The molecule has 4 aromatic rings. The Morgan fingerprint density at radius 2 is 1.15 bits per heavy atom. The largest absolute Gasteiger partial charge is 0.375 e. The molecule has 4 atom stereocenters. The summed E-state index contributed by atoms with van der Waals surface area (Å²) in [5.74, 6) is 5.91. The fraction of sp³-hybridized carbons (Fsp3) is 0.235. The Morgan fingerprint density at radius 1 is 0.650 bits per heavy atom. The van der Waals surface area contributed by atoms with Crippen molar-refractivity contribution in [3.8, 4) is 11.8 Å². The van der Waals surface area contributed by atoms with E-state index in [1.165, 1.54) is 17.2 Å². The maximum absolute atomic E-state index is 13.4. The molecule has 1 fully saturated rings. The molecule has 0 bridgehead atoms. The van der Waals surface area contributed by atoms with Gasteiger partial charge in [-0.25, -0.2) is 4.39 Å². The first-order chi connectivity index (χ1) is 19.7. The van der Waals surface area contributed by atoms with Gasteiger partial charge >= 0.3 is 0 Å². The second-order valence-corrected chi connectivity index (χ2v) is 9.69. The average molecular weight is 538 g/mol. The van der Waals surface area contributed by atoms with E-state index in [2.05, 4.69) is 11.8 Å². The SMILES string of the molecule is ON1[C@@H](C#Cc2ccc(F)cc2)[C@H](OCc2ccccc2)[C@@H](OCc2ccccc2)[C@@H]1COCc1ccccc1. The summed E-state index contributed by atoms with van der Waals surface area (Å²) in [6.45, 7) is 1.29. The lowest BCUT2D eigenvalue weighted by Crippen LogP contribution is -2.40. The number of hydrogen-bond acceptors (Lipinski definition) is 5. The van der Waals surface area contributed by atoms with E-state index in [0.717, 1.165) is 16.7 Å². The van der Waals surface area contributed by atoms with Gasteiger partial charge in [0.05, 0.1) is 32.5 Å². The molecule has 0 aliphatic carbocycles. The molecule has 1 aliphatic rings. The summed E-state index contributed by atoms with van der Waals surface area (Å²) in [6.07, 6.45) is -1.11. The Morgan fingerprint density at radius 3 is 1.70 bits per heavy atom. The molecule has 1 aliphatic heterocycles. The van der Waals surface area contributed by atoms with Gasteiger partial charge in [-0.15, -0.1) is 0 Å². The van der Waals surface area contributed by atoms with Gasteiger partial charge in [-0.3, -0.25) is 0 Å². The van der Waals surface area contributed by atoms with Crippen LogP contribution in [0.4, 0.5) is 4.39 Å². The van der Waals surface area contributed by atoms with Crippen molar-refractivity contribution < 1.29 is 23.8 Å². The predicted octanol–water partition coefficient (Wildman–Crippen LogP) is 6.01. The van der Waals surface area contributed by atoms with Gasteiger partial charge in [0.2, 0.25) is 0 Å². The summed E-state index contributed by atoms with van der Waals surface area (Å²) in [5.41, 5.74) is 3.69. The zero-order valence-corrected chi connectivity index (χ0v) is 22.1.